The van der Waals surface area contributed by atoms with E-state index in [2.05, 4.69) is 27.7 Å². The van der Waals surface area contributed by atoms with Gasteiger partial charge < -0.3 is 5.11 Å². The second-order valence-electron chi connectivity index (χ2n) is 13.1. The van der Waals surface area contributed by atoms with Crippen molar-refractivity contribution in [3.8, 4) is 0 Å². The van der Waals surface area contributed by atoms with Crippen molar-refractivity contribution in [1.29, 1.82) is 0 Å². The van der Waals surface area contributed by atoms with Gasteiger partial charge in [-0.1, -0.05) is 195 Å². The Hall–Kier alpha value is -0.530. The molecule has 228 valence electrons. The molecule has 0 aromatic heterocycles. The third-order valence-corrected chi connectivity index (χ3v) is 8.91. The van der Waals surface area contributed by atoms with Crippen molar-refractivity contribution in [1.82, 2.24) is 0 Å². The Morgan fingerprint density at radius 2 is 0.737 bits per heavy atom. The summed E-state index contributed by atoms with van der Waals surface area (Å²) >= 11 is 0. The van der Waals surface area contributed by atoms with Crippen LogP contribution in [-0.2, 0) is 4.79 Å². The van der Waals surface area contributed by atoms with Crippen LogP contribution < -0.4 is 0 Å². The van der Waals surface area contributed by atoms with Gasteiger partial charge in [0.05, 0.1) is 5.41 Å². The molecular weight excluding hydrogens is 464 g/mol. The van der Waals surface area contributed by atoms with Gasteiger partial charge in [-0.25, -0.2) is 0 Å². The standard InChI is InChI=1S/C36H72O2/c1-5-7-9-11-13-20-24-28-32-36(35(37)38,31-27-23-12-10-8-6-2)33-29-25-21-18-16-14-15-17-19-22-26-30-34(3)4/h34H,5-33H2,1-4H3,(H,37,38). The van der Waals surface area contributed by atoms with Gasteiger partial charge in [0.15, 0.2) is 0 Å². The van der Waals surface area contributed by atoms with E-state index in [9.17, 15) is 9.90 Å². The molecule has 1 unspecified atom stereocenters. The number of aliphatic carboxylic acids is 1. The predicted molar refractivity (Wildman–Crippen MR) is 170 cm³/mol. The van der Waals surface area contributed by atoms with Gasteiger partial charge in [-0.15, -0.1) is 0 Å². The van der Waals surface area contributed by atoms with Crippen LogP contribution in [0.5, 0.6) is 0 Å². The first kappa shape index (κ1) is 37.5. The molecular formula is C36H72O2. The van der Waals surface area contributed by atoms with Gasteiger partial charge in [0.1, 0.15) is 0 Å². The summed E-state index contributed by atoms with van der Waals surface area (Å²) in [5.74, 6) is 0.360. The molecule has 2 heteroatoms. The normalized spacial score (nSPS) is 13.3. The number of rotatable bonds is 31. The summed E-state index contributed by atoms with van der Waals surface area (Å²) in [5.41, 5.74) is -0.456. The molecule has 0 aliphatic heterocycles. The van der Waals surface area contributed by atoms with Crippen molar-refractivity contribution in [2.45, 2.75) is 214 Å². The second-order valence-corrected chi connectivity index (χ2v) is 13.1. The first-order chi connectivity index (χ1) is 18.5. The van der Waals surface area contributed by atoms with Crippen molar-refractivity contribution in [2.24, 2.45) is 11.3 Å². The molecule has 0 amide bonds. The van der Waals surface area contributed by atoms with Gasteiger partial charge in [0.2, 0.25) is 0 Å². The van der Waals surface area contributed by atoms with Crippen LogP contribution in [0.2, 0.25) is 0 Å². The molecule has 0 saturated heterocycles. The minimum atomic E-state index is -0.498. The molecule has 0 aromatic rings. The molecule has 0 rings (SSSR count). The number of hydrogen-bond donors (Lipinski definition) is 1. The van der Waals surface area contributed by atoms with E-state index >= 15 is 0 Å². The van der Waals surface area contributed by atoms with Crippen LogP contribution in [0, 0.1) is 11.3 Å². The molecule has 0 bridgehead atoms. The molecule has 0 spiro atoms. The monoisotopic (exact) mass is 537 g/mol. The minimum absolute atomic E-state index is 0.456. The third kappa shape index (κ3) is 23.4. The van der Waals surface area contributed by atoms with Gasteiger partial charge in [0, 0.05) is 0 Å². The maximum atomic E-state index is 12.6. The Morgan fingerprint density at radius 1 is 0.474 bits per heavy atom. The SMILES string of the molecule is CCCCCCCCCCC(CCCCCCCC)(CCCCCCCCCCCCCC(C)C)C(=O)O. The van der Waals surface area contributed by atoms with Crippen LogP contribution in [-0.4, -0.2) is 11.1 Å². The molecule has 0 aromatic carbocycles. The average Bonchev–Trinajstić information content (AvgIpc) is 2.89. The molecule has 0 radical (unpaired) electrons. The summed E-state index contributed by atoms with van der Waals surface area (Å²) in [7, 11) is 0. The van der Waals surface area contributed by atoms with Crippen molar-refractivity contribution in [2.75, 3.05) is 0 Å². The topological polar surface area (TPSA) is 37.3 Å². The van der Waals surface area contributed by atoms with Crippen LogP contribution >= 0.6 is 0 Å². The van der Waals surface area contributed by atoms with E-state index in [1.54, 1.807) is 0 Å². The third-order valence-electron chi connectivity index (χ3n) is 8.91. The van der Waals surface area contributed by atoms with E-state index in [0.717, 1.165) is 44.4 Å². The van der Waals surface area contributed by atoms with E-state index in [-0.39, 0.29) is 0 Å². The number of unbranched alkanes of at least 4 members (excludes halogenated alkanes) is 22. The predicted octanol–water partition coefficient (Wildman–Crippen LogP) is 13.1. The molecule has 1 N–H and O–H groups in total. The van der Waals surface area contributed by atoms with Crippen molar-refractivity contribution < 1.29 is 9.90 Å². The Labute approximate surface area is 240 Å². The summed E-state index contributed by atoms with van der Waals surface area (Å²) in [4.78, 5) is 12.6. The Morgan fingerprint density at radius 3 is 1.00 bits per heavy atom. The van der Waals surface area contributed by atoms with Gasteiger partial charge in [-0.2, -0.15) is 0 Å². The van der Waals surface area contributed by atoms with Crippen LogP contribution in [0.3, 0.4) is 0 Å². The zero-order valence-corrected chi connectivity index (χ0v) is 26.9. The molecule has 0 aliphatic carbocycles. The largest absolute Gasteiger partial charge is 0.481 e. The molecule has 2 nitrogen and oxygen atoms in total. The minimum Gasteiger partial charge on any atom is -0.481 e. The first-order valence-electron chi connectivity index (χ1n) is 17.7. The summed E-state index contributed by atoms with van der Waals surface area (Å²) in [6.07, 6.45) is 36.7. The highest BCUT2D eigenvalue weighted by molar-refractivity contribution is 5.74. The highest BCUT2D eigenvalue weighted by atomic mass is 16.4. The van der Waals surface area contributed by atoms with E-state index in [4.69, 9.17) is 0 Å². The summed E-state index contributed by atoms with van der Waals surface area (Å²) < 4.78 is 0. The molecule has 38 heavy (non-hydrogen) atoms. The second kappa shape index (κ2) is 28.0. The van der Waals surface area contributed by atoms with Crippen LogP contribution in [0.1, 0.15) is 214 Å². The molecule has 0 aliphatic rings. The molecule has 1 atom stereocenters. The number of hydrogen-bond acceptors (Lipinski definition) is 1. The Bertz CT molecular complexity index is 486. The van der Waals surface area contributed by atoms with Crippen molar-refractivity contribution >= 4 is 5.97 Å². The average molecular weight is 537 g/mol. The number of carboxylic acid groups (broad SMARTS) is 1. The van der Waals surface area contributed by atoms with Gasteiger partial charge in [0.25, 0.3) is 0 Å². The van der Waals surface area contributed by atoms with E-state index in [1.807, 2.05) is 0 Å². The van der Waals surface area contributed by atoms with Gasteiger partial charge in [-0.05, 0) is 25.2 Å². The molecule has 0 fully saturated rings. The van der Waals surface area contributed by atoms with Crippen LogP contribution in [0.25, 0.3) is 0 Å². The summed E-state index contributed by atoms with van der Waals surface area (Å²) in [6.45, 7) is 9.19. The van der Waals surface area contributed by atoms with Gasteiger partial charge >= 0.3 is 5.97 Å². The Balaban J connectivity index is 4.25. The quantitative estimate of drug-likeness (QED) is 0.0894. The smallest absolute Gasteiger partial charge is 0.309 e. The van der Waals surface area contributed by atoms with Crippen molar-refractivity contribution in [3.05, 3.63) is 0 Å². The zero-order chi connectivity index (χ0) is 28.2. The lowest BCUT2D eigenvalue weighted by molar-refractivity contribution is -0.150. The maximum Gasteiger partial charge on any atom is 0.309 e. The Kier molecular flexibility index (Phi) is 27.6. The summed E-state index contributed by atoms with van der Waals surface area (Å²) in [5, 5.41) is 10.4. The fourth-order valence-electron chi connectivity index (χ4n) is 6.14. The lowest BCUT2D eigenvalue weighted by Crippen LogP contribution is -2.31. The van der Waals surface area contributed by atoms with E-state index in [0.29, 0.717) is 0 Å². The fourth-order valence-corrected chi connectivity index (χ4v) is 6.14. The van der Waals surface area contributed by atoms with Gasteiger partial charge in [-0.3, -0.25) is 4.79 Å². The highest BCUT2D eigenvalue weighted by Gasteiger charge is 2.36. The lowest BCUT2D eigenvalue weighted by atomic mass is 9.74. The van der Waals surface area contributed by atoms with E-state index in [1.165, 1.54) is 148 Å². The fraction of sp³-hybridized carbons (Fsp3) is 0.972. The number of carboxylic acids is 1. The summed E-state index contributed by atoms with van der Waals surface area (Å²) in [6, 6.07) is 0. The molecule has 0 saturated carbocycles. The lowest BCUT2D eigenvalue weighted by Gasteiger charge is -2.30. The zero-order valence-electron chi connectivity index (χ0n) is 26.9. The van der Waals surface area contributed by atoms with E-state index < -0.39 is 11.4 Å². The number of carbonyl (C=O) groups is 1. The first-order valence-corrected chi connectivity index (χ1v) is 17.7. The van der Waals surface area contributed by atoms with Crippen LogP contribution in [0.4, 0.5) is 0 Å². The maximum absolute atomic E-state index is 12.6. The van der Waals surface area contributed by atoms with Crippen molar-refractivity contribution in [3.63, 3.8) is 0 Å². The highest BCUT2D eigenvalue weighted by Crippen LogP contribution is 2.38. The molecule has 0 heterocycles. The van der Waals surface area contributed by atoms with Crippen LogP contribution in [0.15, 0.2) is 0 Å².